The smallest absolute Gasteiger partial charge is 0.338 e. The van der Waals surface area contributed by atoms with Crippen LogP contribution in [0.4, 0.5) is 0 Å². The maximum absolute atomic E-state index is 11.8. The number of hydrogen-bond donors (Lipinski definition) is 0. The molecule has 3 nitrogen and oxygen atoms in total. The Balaban J connectivity index is 2.02. The third-order valence-corrected chi connectivity index (χ3v) is 3.02. The van der Waals surface area contributed by atoms with Crippen LogP contribution in [-0.4, -0.2) is 12.1 Å². The van der Waals surface area contributed by atoms with Crippen LogP contribution >= 0.6 is 0 Å². The van der Waals surface area contributed by atoms with Crippen molar-refractivity contribution in [3.8, 4) is 6.07 Å². The van der Waals surface area contributed by atoms with E-state index in [4.69, 9.17) is 10.00 Å². The van der Waals surface area contributed by atoms with Crippen molar-refractivity contribution in [2.45, 2.75) is 32.3 Å². The van der Waals surface area contributed by atoms with Crippen LogP contribution in [0.2, 0.25) is 0 Å². The van der Waals surface area contributed by atoms with Gasteiger partial charge in [-0.25, -0.2) is 4.79 Å². The molecule has 0 N–H and O–H groups in total. The Labute approximate surface area is 101 Å². The van der Waals surface area contributed by atoms with E-state index in [1.807, 2.05) is 13.0 Å². The predicted octanol–water partition coefficient (Wildman–Crippen LogP) is 2.71. The Morgan fingerprint density at radius 3 is 3.00 bits per heavy atom. The molecule has 17 heavy (non-hydrogen) atoms. The fourth-order valence-corrected chi connectivity index (χ4v) is 1.80. The molecule has 1 aliphatic carbocycles. The predicted molar refractivity (Wildman–Crippen MR) is 63.4 cm³/mol. The lowest BCUT2D eigenvalue weighted by molar-refractivity contribution is 0.0294. The number of rotatable bonds is 4. The van der Waals surface area contributed by atoms with Gasteiger partial charge in [-0.3, -0.25) is 0 Å². The number of carbonyl (C=O) groups is 1. The second-order valence-electron chi connectivity index (χ2n) is 4.48. The van der Waals surface area contributed by atoms with E-state index in [-0.39, 0.29) is 12.1 Å². The minimum absolute atomic E-state index is 0.00197. The molecule has 1 aliphatic rings. The zero-order valence-corrected chi connectivity index (χ0v) is 9.85. The van der Waals surface area contributed by atoms with Gasteiger partial charge in [-0.1, -0.05) is 12.1 Å². The number of hydrogen-bond acceptors (Lipinski definition) is 3. The van der Waals surface area contributed by atoms with Gasteiger partial charge in [-0.15, -0.1) is 0 Å². The van der Waals surface area contributed by atoms with Gasteiger partial charge in [0.05, 0.1) is 18.1 Å². The molecule has 1 unspecified atom stereocenters. The highest BCUT2D eigenvalue weighted by Crippen LogP contribution is 2.34. The monoisotopic (exact) mass is 229 g/mol. The number of carbonyl (C=O) groups excluding carboxylic acids is 1. The molecular formula is C14H15NO2. The average molecular weight is 229 g/mol. The first-order valence-electron chi connectivity index (χ1n) is 5.87. The summed E-state index contributed by atoms with van der Waals surface area (Å²) >= 11 is 0. The Morgan fingerprint density at radius 1 is 1.59 bits per heavy atom. The van der Waals surface area contributed by atoms with Crippen molar-refractivity contribution in [1.29, 1.82) is 5.26 Å². The summed E-state index contributed by atoms with van der Waals surface area (Å²) in [6.07, 6.45) is 2.63. The highest BCUT2D eigenvalue weighted by atomic mass is 16.5. The van der Waals surface area contributed by atoms with Crippen molar-refractivity contribution >= 4 is 5.97 Å². The largest absolute Gasteiger partial charge is 0.459 e. The summed E-state index contributed by atoms with van der Waals surface area (Å²) in [6.45, 7) is 1.94. The second kappa shape index (κ2) is 5.01. The van der Waals surface area contributed by atoms with Crippen LogP contribution in [0, 0.1) is 17.2 Å². The van der Waals surface area contributed by atoms with Crippen LogP contribution in [0.1, 0.15) is 35.7 Å². The highest BCUT2D eigenvalue weighted by Gasteiger charge is 2.30. The molecule has 0 saturated heterocycles. The minimum atomic E-state index is -0.288. The van der Waals surface area contributed by atoms with E-state index >= 15 is 0 Å². The van der Waals surface area contributed by atoms with E-state index in [0.29, 0.717) is 17.9 Å². The van der Waals surface area contributed by atoms with E-state index in [9.17, 15) is 4.79 Å². The van der Waals surface area contributed by atoms with Crippen molar-refractivity contribution in [2.75, 3.05) is 0 Å². The molecular weight excluding hydrogens is 214 g/mol. The fourth-order valence-electron chi connectivity index (χ4n) is 1.80. The molecule has 1 aromatic rings. The molecule has 0 aliphatic heterocycles. The molecule has 0 radical (unpaired) electrons. The number of nitrogens with zero attached hydrogens (tertiary/aromatic N) is 1. The zero-order valence-electron chi connectivity index (χ0n) is 9.85. The molecule has 1 aromatic carbocycles. The lowest BCUT2D eigenvalue weighted by Crippen LogP contribution is -2.16. The van der Waals surface area contributed by atoms with E-state index in [0.717, 1.165) is 18.4 Å². The molecule has 3 heteroatoms. The van der Waals surface area contributed by atoms with Crippen molar-refractivity contribution in [2.24, 2.45) is 5.92 Å². The number of benzene rings is 1. The number of esters is 1. The molecule has 0 spiro atoms. The Bertz CT molecular complexity index is 458. The van der Waals surface area contributed by atoms with Crippen LogP contribution < -0.4 is 0 Å². The van der Waals surface area contributed by atoms with Gasteiger partial charge in [-0.2, -0.15) is 5.26 Å². The first-order valence-corrected chi connectivity index (χ1v) is 5.87. The second-order valence-corrected chi connectivity index (χ2v) is 4.48. The van der Waals surface area contributed by atoms with Gasteiger partial charge >= 0.3 is 5.97 Å². The standard InChI is InChI=1S/C14H15NO2/c1-10(12-5-6-12)17-14(16)13-4-2-3-11(9-13)7-8-15/h2-4,9-10,12H,5-7H2,1H3. The Hall–Kier alpha value is -1.82. The summed E-state index contributed by atoms with van der Waals surface area (Å²) in [5.74, 6) is 0.255. The lowest BCUT2D eigenvalue weighted by Gasteiger charge is -2.12. The van der Waals surface area contributed by atoms with Gasteiger partial charge in [-0.05, 0) is 43.4 Å². The minimum Gasteiger partial charge on any atom is -0.459 e. The van der Waals surface area contributed by atoms with E-state index < -0.39 is 0 Å². The van der Waals surface area contributed by atoms with Gasteiger partial charge < -0.3 is 4.74 Å². The maximum Gasteiger partial charge on any atom is 0.338 e. The average Bonchev–Trinajstić information content (AvgIpc) is 3.13. The van der Waals surface area contributed by atoms with E-state index in [1.54, 1.807) is 18.2 Å². The first-order chi connectivity index (χ1) is 8.20. The van der Waals surface area contributed by atoms with Gasteiger partial charge in [0.25, 0.3) is 0 Å². The maximum atomic E-state index is 11.8. The van der Waals surface area contributed by atoms with Crippen LogP contribution in [0.3, 0.4) is 0 Å². The third kappa shape index (κ3) is 3.07. The van der Waals surface area contributed by atoms with Gasteiger partial charge in [0.15, 0.2) is 0 Å². The van der Waals surface area contributed by atoms with Crippen LogP contribution in [0.25, 0.3) is 0 Å². The summed E-state index contributed by atoms with van der Waals surface area (Å²) in [6, 6.07) is 9.14. The van der Waals surface area contributed by atoms with E-state index in [2.05, 4.69) is 6.07 Å². The zero-order chi connectivity index (χ0) is 12.3. The molecule has 1 saturated carbocycles. The normalized spacial score (nSPS) is 16.0. The number of ether oxygens (including phenoxy) is 1. The van der Waals surface area contributed by atoms with Gasteiger partial charge in [0, 0.05) is 0 Å². The van der Waals surface area contributed by atoms with Crippen LogP contribution in [0.5, 0.6) is 0 Å². The summed E-state index contributed by atoms with van der Waals surface area (Å²) in [4.78, 5) is 11.8. The summed E-state index contributed by atoms with van der Waals surface area (Å²) in [5.41, 5.74) is 1.38. The van der Waals surface area contributed by atoms with Crippen molar-refractivity contribution in [1.82, 2.24) is 0 Å². The third-order valence-electron chi connectivity index (χ3n) is 3.02. The van der Waals surface area contributed by atoms with Gasteiger partial charge in [0.1, 0.15) is 6.10 Å². The molecule has 1 atom stereocenters. The topological polar surface area (TPSA) is 50.1 Å². The SMILES string of the molecule is CC(OC(=O)c1cccc(CC#N)c1)C1CC1. The molecule has 0 amide bonds. The molecule has 0 heterocycles. The molecule has 1 fully saturated rings. The number of nitriles is 1. The van der Waals surface area contributed by atoms with Crippen LogP contribution in [0.15, 0.2) is 24.3 Å². The molecule has 2 rings (SSSR count). The lowest BCUT2D eigenvalue weighted by atomic mass is 10.1. The molecule has 88 valence electrons. The first kappa shape index (κ1) is 11.7. The van der Waals surface area contributed by atoms with E-state index in [1.165, 1.54) is 0 Å². The van der Waals surface area contributed by atoms with Crippen LogP contribution in [-0.2, 0) is 11.2 Å². The van der Waals surface area contributed by atoms with Crippen molar-refractivity contribution in [3.63, 3.8) is 0 Å². The Morgan fingerprint density at radius 2 is 2.35 bits per heavy atom. The molecule has 0 bridgehead atoms. The summed E-state index contributed by atoms with van der Waals surface area (Å²) < 4.78 is 5.37. The fraction of sp³-hybridized carbons (Fsp3) is 0.429. The highest BCUT2D eigenvalue weighted by molar-refractivity contribution is 5.89. The van der Waals surface area contributed by atoms with Crippen molar-refractivity contribution in [3.05, 3.63) is 35.4 Å². The summed E-state index contributed by atoms with van der Waals surface area (Å²) in [7, 11) is 0. The van der Waals surface area contributed by atoms with Gasteiger partial charge in [0.2, 0.25) is 0 Å². The Kier molecular flexibility index (Phi) is 3.43. The molecule has 0 aromatic heterocycles. The van der Waals surface area contributed by atoms with Crippen molar-refractivity contribution < 1.29 is 9.53 Å². The quantitative estimate of drug-likeness (QED) is 0.746. The summed E-state index contributed by atoms with van der Waals surface area (Å²) in [5, 5.41) is 8.61.